The number of aryl methyl sites for hydroxylation is 2. The highest BCUT2D eigenvalue weighted by Crippen LogP contribution is 2.30. The monoisotopic (exact) mass is 412 g/mol. The molecule has 3 heterocycles. The molecule has 0 unspecified atom stereocenters. The van der Waals surface area contributed by atoms with Crippen LogP contribution in [0.4, 0.5) is 4.39 Å². The zero-order chi connectivity index (χ0) is 19.7. The van der Waals surface area contributed by atoms with E-state index in [2.05, 4.69) is 15.4 Å². The van der Waals surface area contributed by atoms with Gasteiger partial charge in [0, 0.05) is 17.5 Å². The van der Waals surface area contributed by atoms with E-state index in [1.165, 1.54) is 17.4 Å². The van der Waals surface area contributed by atoms with Gasteiger partial charge in [-0.25, -0.2) is 9.37 Å². The minimum atomic E-state index is -0.303. The minimum absolute atomic E-state index is 0.210. The molecule has 0 fully saturated rings. The molecule has 5 nitrogen and oxygen atoms in total. The third kappa shape index (κ3) is 3.61. The van der Waals surface area contributed by atoms with Gasteiger partial charge < -0.3 is 5.32 Å². The number of carbonyl (C=O) groups is 1. The standard InChI is InChI=1S/C20H17FN4OS2/c1-12-18(28-20(23-12)13-6-3-4-7-14(13)21)11-22-19(26)16-10-15(24-25(16)2)17-8-5-9-27-17/h3-10H,11H2,1-2H3,(H,22,26). The highest BCUT2D eigenvalue weighted by molar-refractivity contribution is 7.15. The van der Waals surface area contributed by atoms with Crippen molar-refractivity contribution in [3.8, 4) is 21.1 Å². The number of thiazole rings is 1. The van der Waals surface area contributed by atoms with E-state index in [4.69, 9.17) is 0 Å². The zero-order valence-corrected chi connectivity index (χ0v) is 16.9. The summed E-state index contributed by atoms with van der Waals surface area (Å²) in [5.74, 6) is -0.513. The van der Waals surface area contributed by atoms with Crippen LogP contribution in [0.5, 0.6) is 0 Å². The van der Waals surface area contributed by atoms with Gasteiger partial charge in [0.2, 0.25) is 0 Å². The average Bonchev–Trinajstić information content (AvgIpc) is 3.40. The maximum atomic E-state index is 14.0. The fourth-order valence-corrected chi connectivity index (χ4v) is 4.53. The van der Waals surface area contributed by atoms with Crippen LogP contribution in [0.25, 0.3) is 21.1 Å². The molecule has 8 heteroatoms. The Morgan fingerprint density at radius 3 is 2.82 bits per heavy atom. The fourth-order valence-electron chi connectivity index (χ4n) is 2.82. The Morgan fingerprint density at radius 1 is 1.25 bits per heavy atom. The van der Waals surface area contributed by atoms with Gasteiger partial charge in [0.15, 0.2) is 0 Å². The second-order valence-corrected chi connectivity index (χ2v) is 8.24. The summed E-state index contributed by atoms with van der Waals surface area (Å²) < 4.78 is 15.6. The predicted octanol–water partition coefficient (Wildman–Crippen LogP) is 4.65. The molecule has 0 aliphatic heterocycles. The van der Waals surface area contributed by atoms with E-state index < -0.39 is 0 Å². The molecular weight excluding hydrogens is 395 g/mol. The lowest BCUT2D eigenvalue weighted by molar-refractivity contribution is 0.0942. The Labute approximate surface area is 169 Å². The minimum Gasteiger partial charge on any atom is -0.346 e. The summed E-state index contributed by atoms with van der Waals surface area (Å²) in [6.07, 6.45) is 0. The SMILES string of the molecule is Cc1nc(-c2ccccc2F)sc1CNC(=O)c1cc(-c2cccs2)nn1C. The highest BCUT2D eigenvalue weighted by atomic mass is 32.1. The van der Waals surface area contributed by atoms with Gasteiger partial charge in [0.1, 0.15) is 22.2 Å². The van der Waals surface area contributed by atoms with Crippen molar-refractivity contribution in [2.75, 3.05) is 0 Å². The van der Waals surface area contributed by atoms with E-state index >= 15 is 0 Å². The number of hydrogen-bond donors (Lipinski definition) is 1. The average molecular weight is 413 g/mol. The first kappa shape index (κ1) is 18.5. The zero-order valence-electron chi connectivity index (χ0n) is 15.3. The van der Waals surface area contributed by atoms with Crippen LogP contribution in [0.15, 0.2) is 47.8 Å². The Balaban J connectivity index is 1.49. The van der Waals surface area contributed by atoms with Crippen molar-refractivity contribution >= 4 is 28.6 Å². The number of nitrogens with one attached hydrogen (secondary N) is 1. The summed E-state index contributed by atoms with van der Waals surface area (Å²) in [5, 5.41) is 9.92. The van der Waals surface area contributed by atoms with Gasteiger partial charge in [-0.2, -0.15) is 5.10 Å². The third-order valence-electron chi connectivity index (χ3n) is 4.29. The normalized spacial score (nSPS) is 11.0. The molecule has 0 aliphatic carbocycles. The molecule has 1 amide bonds. The van der Waals surface area contributed by atoms with Crippen molar-refractivity contribution < 1.29 is 9.18 Å². The quantitative estimate of drug-likeness (QED) is 0.519. The van der Waals surface area contributed by atoms with Gasteiger partial charge in [-0.1, -0.05) is 18.2 Å². The summed E-state index contributed by atoms with van der Waals surface area (Å²) >= 11 is 2.96. The first-order valence-electron chi connectivity index (χ1n) is 8.60. The Hall–Kier alpha value is -2.84. The number of thiophene rings is 1. The summed E-state index contributed by atoms with van der Waals surface area (Å²) in [4.78, 5) is 19.0. The van der Waals surface area contributed by atoms with Crippen LogP contribution < -0.4 is 5.32 Å². The van der Waals surface area contributed by atoms with Crippen LogP contribution in [-0.4, -0.2) is 20.7 Å². The first-order chi connectivity index (χ1) is 13.5. The molecule has 3 aromatic heterocycles. The highest BCUT2D eigenvalue weighted by Gasteiger charge is 2.17. The predicted molar refractivity (Wildman–Crippen MR) is 110 cm³/mol. The van der Waals surface area contributed by atoms with Crippen molar-refractivity contribution in [1.29, 1.82) is 0 Å². The summed E-state index contributed by atoms with van der Waals surface area (Å²) in [7, 11) is 1.75. The van der Waals surface area contributed by atoms with E-state index in [0.717, 1.165) is 21.1 Å². The number of rotatable bonds is 5. The van der Waals surface area contributed by atoms with E-state index in [-0.39, 0.29) is 11.7 Å². The topological polar surface area (TPSA) is 59.8 Å². The summed E-state index contributed by atoms with van der Waals surface area (Å²) in [6, 6.07) is 12.3. The van der Waals surface area contributed by atoms with Gasteiger partial charge in [0.05, 0.1) is 17.1 Å². The first-order valence-corrected chi connectivity index (χ1v) is 10.3. The van der Waals surface area contributed by atoms with Gasteiger partial charge in [-0.3, -0.25) is 9.48 Å². The number of halogens is 1. The summed E-state index contributed by atoms with van der Waals surface area (Å²) in [5.41, 5.74) is 2.52. The molecule has 1 N–H and O–H groups in total. The maximum absolute atomic E-state index is 14.0. The number of nitrogens with zero attached hydrogens (tertiary/aromatic N) is 3. The van der Waals surface area contributed by atoms with Gasteiger partial charge in [-0.05, 0) is 36.6 Å². The molecule has 0 atom stereocenters. The molecular formula is C20H17FN4OS2. The molecule has 0 saturated heterocycles. The van der Waals surface area contributed by atoms with Crippen LogP contribution in [0, 0.1) is 12.7 Å². The lowest BCUT2D eigenvalue weighted by Crippen LogP contribution is -2.25. The van der Waals surface area contributed by atoms with Gasteiger partial charge in [0.25, 0.3) is 5.91 Å². The number of hydrogen-bond acceptors (Lipinski definition) is 5. The molecule has 142 valence electrons. The number of carbonyl (C=O) groups excluding carboxylic acids is 1. The maximum Gasteiger partial charge on any atom is 0.269 e. The Morgan fingerprint density at radius 2 is 2.07 bits per heavy atom. The van der Waals surface area contributed by atoms with Crippen LogP contribution in [0.2, 0.25) is 0 Å². The van der Waals surface area contributed by atoms with Crippen LogP contribution in [0.3, 0.4) is 0 Å². The molecule has 28 heavy (non-hydrogen) atoms. The van der Waals surface area contributed by atoms with E-state index in [1.807, 2.05) is 24.4 Å². The summed E-state index contributed by atoms with van der Waals surface area (Å²) in [6.45, 7) is 2.19. The van der Waals surface area contributed by atoms with Crippen molar-refractivity contribution in [1.82, 2.24) is 20.1 Å². The molecule has 0 aliphatic rings. The molecule has 4 aromatic rings. The van der Waals surface area contributed by atoms with E-state index in [9.17, 15) is 9.18 Å². The van der Waals surface area contributed by atoms with Crippen molar-refractivity contribution in [3.63, 3.8) is 0 Å². The second kappa shape index (κ2) is 7.65. The number of benzene rings is 1. The lowest BCUT2D eigenvalue weighted by atomic mass is 10.2. The second-order valence-electron chi connectivity index (χ2n) is 6.21. The van der Waals surface area contributed by atoms with Gasteiger partial charge in [-0.15, -0.1) is 22.7 Å². The molecule has 4 rings (SSSR count). The smallest absolute Gasteiger partial charge is 0.269 e. The number of aromatic nitrogens is 3. The molecule has 0 saturated carbocycles. The fraction of sp³-hybridized carbons (Fsp3) is 0.150. The van der Waals surface area contributed by atoms with E-state index in [1.54, 1.807) is 47.3 Å². The molecule has 0 radical (unpaired) electrons. The number of amides is 1. The largest absolute Gasteiger partial charge is 0.346 e. The van der Waals surface area contributed by atoms with E-state index in [0.29, 0.717) is 22.8 Å². The van der Waals surface area contributed by atoms with Crippen molar-refractivity contribution in [3.05, 3.63) is 69.9 Å². The molecule has 1 aromatic carbocycles. The molecule has 0 bridgehead atoms. The van der Waals surface area contributed by atoms with Crippen LogP contribution in [0.1, 0.15) is 21.1 Å². The van der Waals surface area contributed by atoms with Crippen molar-refractivity contribution in [2.24, 2.45) is 7.05 Å². The van der Waals surface area contributed by atoms with Crippen LogP contribution >= 0.6 is 22.7 Å². The molecule has 0 spiro atoms. The Kier molecular flexibility index (Phi) is 5.06. The van der Waals surface area contributed by atoms with Gasteiger partial charge >= 0.3 is 0 Å². The third-order valence-corrected chi connectivity index (χ3v) is 6.38. The Bertz CT molecular complexity index is 1130. The van der Waals surface area contributed by atoms with Crippen LogP contribution in [-0.2, 0) is 13.6 Å². The van der Waals surface area contributed by atoms with Crippen molar-refractivity contribution in [2.45, 2.75) is 13.5 Å². The lowest BCUT2D eigenvalue weighted by Gasteiger charge is -2.04.